The standard InChI is InChI=1S/C19H21BrN4O2S/c1-3-24(4-2)27(25,26)16-8-5-14(6-9-16)12-21-19-17-11-15(20)7-10-18(17)22-13-23-19/h5-11,13H,3-4,12H2,1-2H3,(H,21,22,23). The number of hydrogen-bond donors (Lipinski definition) is 1. The van der Waals surface area contributed by atoms with Gasteiger partial charge < -0.3 is 5.32 Å². The van der Waals surface area contributed by atoms with Gasteiger partial charge in [0.1, 0.15) is 12.1 Å². The van der Waals surface area contributed by atoms with Gasteiger partial charge in [-0.05, 0) is 35.9 Å². The second-order valence-corrected chi connectivity index (χ2v) is 8.82. The van der Waals surface area contributed by atoms with Crippen LogP contribution in [0.3, 0.4) is 0 Å². The second-order valence-electron chi connectivity index (χ2n) is 5.97. The van der Waals surface area contributed by atoms with Crippen LogP contribution in [-0.2, 0) is 16.6 Å². The predicted octanol–water partition coefficient (Wildman–Crippen LogP) is 4.03. The van der Waals surface area contributed by atoms with E-state index >= 15 is 0 Å². The molecule has 0 saturated heterocycles. The summed E-state index contributed by atoms with van der Waals surface area (Å²) in [5.74, 6) is 0.737. The van der Waals surface area contributed by atoms with Crippen molar-refractivity contribution in [2.45, 2.75) is 25.3 Å². The lowest BCUT2D eigenvalue weighted by molar-refractivity contribution is 0.445. The van der Waals surface area contributed by atoms with Crippen molar-refractivity contribution in [3.63, 3.8) is 0 Å². The fourth-order valence-electron chi connectivity index (χ4n) is 2.85. The molecule has 2 aromatic carbocycles. The molecule has 8 heteroatoms. The molecule has 0 bridgehead atoms. The third-order valence-corrected chi connectivity index (χ3v) is 6.88. The molecule has 0 unspecified atom stereocenters. The van der Waals surface area contributed by atoms with Crippen molar-refractivity contribution < 1.29 is 8.42 Å². The number of aromatic nitrogens is 2. The van der Waals surface area contributed by atoms with E-state index in [1.807, 2.05) is 44.2 Å². The number of sulfonamides is 1. The van der Waals surface area contributed by atoms with Crippen LogP contribution in [0.4, 0.5) is 5.82 Å². The lowest BCUT2D eigenvalue weighted by atomic mass is 10.2. The molecule has 1 aromatic heterocycles. The molecule has 3 aromatic rings. The minimum Gasteiger partial charge on any atom is -0.365 e. The van der Waals surface area contributed by atoms with Gasteiger partial charge in [-0.2, -0.15) is 4.31 Å². The summed E-state index contributed by atoms with van der Waals surface area (Å²) in [7, 11) is -3.43. The highest BCUT2D eigenvalue weighted by Crippen LogP contribution is 2.24. The number of hydrogen-bond acceptors (Lipinski definition) is 5. The Kier molecular flexibility index (Phi) is 6.08. The predicted molar refractivity (Wildman–Crippen MR) is 111 cm³/mol. The van der Waals surface area contributed by atoms with Gasteiger partial charge in [-0.1, -0.05) is 41.9 Å². The summed E-state index contributed by atoms with van der Waals surface area (Å²) in [6.07, 6.45) is 1.53. The summed E-state index contributed by atoms with van der Waals surface area (Å²) in [6, 6.07) is 12.8. The van der Waals surface area contributed by atoms with Gasteiger partial charge in [-0.25, -0.2) is 18.4 Å². The molecule has 0 aliphatic rings. The Hall–Kier alpha value is -2.03. The molecular formula is C19H21BrN4O2S. The molecule has 6 nitrogen and oxygen atoms in total. The first kappa shape index (κ1) is 19.7. The molecule has 0 spiro atoms. The van der Waals surface area contributed by atoms with E-state index in [0.717, 1.165) is 26.8 Å². The number of benzene rings is 2. The van der Waals surface area contributed by atoms with Crippen LogP contribution in [0, 0.1) is 0 Å². The van der Waals surface area contributed by atoms with Gasteiger partial charge in [-0.15, -0.1) is 0 Å². The molecule has 3 rings (SSSR count). The van der Waals surface area contributed by atoms with Gasteiger partial charge in [0.2, 0.25) is 10.0 Å². The highest BCUT2D eigenvalue weighted by molar-refractivity contribution is 9.10. The molecule has 0 atom stereocenters. The van der Waals surface area contributed by atoms with Crippen LogP contribution in [0.1, 0.15) is 19.4 Å². The fourth-order valence-corrected chi connectivity index (χ4v) is 4.67. The number of fused-ring (bicyclic) bond motifs is 1. The Labute approximate surface area is 167 Å². The normalized spacial score (nSPS) is 11.9. The smallest absolute Gasteiger partial charge is 0.243 e. The average molecular weight is 449 g/mol. The first-order valence-corrected chi connectivity index (χ1v) is 10.9. The zero-order valence-electron chi connectivity index (χ0n) is 15.2. The molecule has 0 aliphatic carbocycles. The van der Waals surface area contributed by atoms with E-state index in [4.69, 9.17) is 0 Å². The molecule has 1 N–H and O–H groups in total. The van der Waals surface area contributed by atoms with E-state index in [0.29, 0.717) is 24.5 Å². The van der Waals surface area contributed by atoms with E-state index in [1.165, 1.54) is 10.6 Å². The molecule has 1 heterocycles. The molecule has 27 heavy (non-hydrogen) atoms. The zero-order chi connectivity index (χ0) is 19.4. The van der Waals surface area contributed by atoms with Gasteiger partial charge in [0.25, 0.3) is 0 Å². The van der Waals surface area contributed by atoms with Crippen LogP contribution in [0.2, 0.25) is 0 Å². The maximum Gasteiger partial charge on any atom is 0.243 e. The SMILES string of the molecule is CCN(CC)S(=O)(=O)c1ccc(CNc2ncnc3ccc(Br)cc23)cc1. The van der Waals surface area contributed by atoms with Crippen molar-refractivity contribution in [3.8, 4) is 0 Å². The maximum atomic E-state index is 12.6. The van der Waals surface area contributed by atoms with E-state index in [2.05, 4.69) is 31.2 Å². The van der Waals surface area contributed by atoms with Crippen LogP contribution in [0.5, 0.6) is 0 Å². The van der Waals surface area contributed by atoms with Crippen molar-refractivity contribution >= 4 is 42.7 Å². The summed E-state index contributed by atoms with van der Waals surface area (Å²) >= 11 is 3.47. The molecule has 0 saturated carbocycles. The van der Waals surface area contributed by atoms with Crippen LogP contribution in [-0.4, -0.2) is 35.8 Å². The maximum absolute atomic E-state index is 12.6. The minimum atomic E-state index is -3.43. The van der Waals surface area contributed by atoms with Crippen molar-refractivity contribution in [1.82, 2.24) is 14.3 Å². The Balaban J connectivity index is 1.78. The van der Waals surface area contributed by atoms with Gasteiger partial charge in [0.15, 0.2) is 0 Å². The summed E-state index contributed by atoms with van der Waals surface area (Å²) in [6.45, 7) is 5.12. The number of rotatable bonds is 7. The first-order chi connectivity index (χ1) is 13.0. The highest BCUT2D eigenvalue weighted by atomic mass is 79.9. The van der Waals surface area contributed by atoms with Crippen LogP contribution in [0.25, 0.3) is 10.9 Å². The van der Waals surface area contributed by atoms with E-state index in [-0.39, 0.29) is 0 Å². The van der Waals surface area contributed by atoms with E-state index in [9.17, 15) is 8.42 Å². The van der Waals surface area contributed by atoms with Crippen molar-refractivity contribution in [1.29, 1.82) is 0 Å². The van der Waals surface area contributed by atoms with E-state index in [1.54, 1.807) is 12.1 Å². The summed E-state index contributed by atoms with van der Waals surface area (Å²) in [5.41, 5.74) is 1.83. The summed E-state index contributed by atoms with van der Waals surface area (Å²) in [4.78, 5) is 8.90. The number of anilines is 1. The quantitative estimate of drug-likeness (QED) is 0.590. The first-order valence-electron chi connectivity index (χ1n) is 8.69. The average Bonchev–Trinajstić information content (AvgIpc) is 2.67. The molecule has 0 amide bonds. The molecule has 0 aliphatic heterocycles. The van der Waals surface area contributed by atoms with E-state index < -0.39 is 10.0 Å². The second kappa shape index (κ2) is 8.33. The van der Waals surface area contributed by atoms with Crippen molar-refractivity contribution in [2.24, 2.45) is 0 Å². The Bertz CT molecular complexity index is 1040. The number of nitrogens with zero attached hydrogens (tertiary/aromatic N) is 3. The molecule has 0 fully saturated rings. The Morgan fingerprint density at radius 2 is 1.74 bits per heavy atom. The van der Waals surface area contributed by atoms with Gasteiger partial charge in [0.05, 0.1) is 10.4 Å². The lowest BCUT2D eigenvalue weighted by Gasteiger charge is -2.18. The summed E-state index contributed by atoms with van der Waals surface area (Å²) in [5, 5.41) is 4.23. The molecular weight excluding hydrogens is 428 g/mol. The van der Waals surface area contributed by atoms with Crippen LogP contribution >= 0.6 is 15.9 Å². The van der Waals surface area contributed by atoms with Crippen LogP contribution in [0.15, 0.2) is 58.2 Å². The van der Waals surface area contributed by atoms with Gasteiger partial charge >= 0.3 is 0 Å². The number of nitrogens with one attached hydrogen (secondary N) is 1. The Morgan fingerprint density at radius 1 is 1.04 bits per heavy atom. The minimum absolute atomic E-state index is 0.311. The molecule has 142 valence electrons. The lowest BCUT2D eigenvalue weighted by Crippen LogP contribution is -2.30. The highest BCUT2D eigenvalue weighted by Gasteiger charge is 2.21. The summed E-state index contributed by atoms with van der Waals surface area (Å²) < 4.78 is 27.5. The number of halogens is 1. The van der Waals surface area contributed by atoms with Gasteiger partial charge in [0, 0.05) is 29.5 Å². The largest absolute Gasteiger partial charge is 0.365 e. The Morgan fingerprint density at radius 3 is 2.41 bits per heavy atom. The van der Waals surface area contributed by atoms with Crippen molar-refractivity contribution in [3.05, 3.63) is 58.8 Å². The van der Waals surface area contributed by atoms with Crippen LogP contribution < -0.4 is 5.32 Å². The fraction of sp³-hybridized carbons (Fsp3) is 0.263. The third-order valence-electron chi connectivity index (χ3n) is 4.32. The van der Waals surface area contributed by atoms with Gasteiger partial charge in [-0.3, -0.25) is 0 Å². The van der Waals surface area contributed by atoms with Crippen molar-refractivity contribution in [2.75, 3.05) is 18.4 Å². The molecule has 0 radical (unpaired) electrons. The topological polar surface area (TPSA) is 75.2 Å². The zero-order valence-corrected chi connectivity index (χ0v) is 17.6. The third kappa shape index (κ3) is 4.28. The monoisotopic (exact) mass is 448 g/mol.